The lowest BCUT2D eigenvalue weighted by molar-refractivity contribution is -0.133. The second kappa shape index (κ2) is 7.89. The van der Waals surface area contributed by atoms with Crippen molar-refractivity contribution in [1.29, 1.82) is 0 Å². The molecule has 0 saturated heterocycles. The van der Waals surface area contributed by atoms with Gasteiger partial charge in [0.1, 0.15) is 0 Å². The molecule has 0 fully saturated rings. The highest BCUT2D eigenvalue weighted by Crippen LogP contribution is 2.21. The second-order valence-corrected chi connectivity index (χ2v) is 3.33. The van der Waals surface area contributed by atoms with Gasteiger partial charge < -0.3 is 0 Å². The normalized spacial score (nSPS) is 12.6. The first kappa shape index (κ1) is 13.5. The molecule has 0 aliphatic heterocycles. The molecule has 0 spiro atoms. The van der Waals surface area contributed by atoms with Gasteiger partial charge in [0.2, 0.25) is 0 Å². The minimum Gasteiger partial charge on any atom is -0.171 e. The summed E-state index contributed by atoms with van der Waals surface area (Å²) in [6.45, 7) is 3.72. The molecule has 0 aliphatic carbocycles. The first-order valence-corrected chi connectivity index (χ1v) is 5.07. The highest BCUT2D eigenvalue weighted by Gasteiger charge is 2.25. The van der Waals surface area contributed by atoms with Crippen LogP contribution in [0.3, 0.4) is 0 Å². The Kier molecular flexibility index (Phi) is 7.63. The molecule has 0 aliphatic rings. The molecule has 0 aromatic rings. The molecule has 0 rings (SSSR count). The predicted molar refractivity (Wildman–Crippen MR) is 52.9 cm³/mol. The summed E-state index contributed by atoms with van der Waals surface area (Å²) >= 11 is 0. The van der Waals surface area contributed by atoms with E-state index >= 15 is 0 Å². The Balaban J connectivity index is 3.20. The van der Waals surface area contributed by atoms with Gasteiger partial charge in [0.25, 0.3) is 0 Å². The van der Waals surface area contributed by atoms with Gasteiger partial charge >= 0.3 is 6.18 Å². The van der Waals surface area contributed by atoms with Crippen LogP contribution in [-0.4, -0.2) is 6.18 Å². The summed E-state index contributed by atoms with van der Waals surface area (Å²) in [6, 6.07) is 0. The van der Waals surface area contributed by atoms with Crippen LogP contribution in [0.15, 0.2) is 12.2 Å². The number of halogens is 3. The van der Waals surface area contributed by atoms with Crippen LogP contribution in [0.2, 0.25) is 0 Å². The van der Waals surface area contributed by atoms with Crippen molar-refractivity contribution in [3.63, 3.8) is 0 Å². The molecule has 0 aromatic carbocycles. The zero-order valence-electron chi connectivity index (χ0n) is 8.45. The Morgan fingerprint density at radius 3 is 2.14 bits per heavy atom. The molecule has 0 aromatic heterocycles. The molecular formula is C11H18F3. The third kappa shape index (κ3) is 11.5. The Morgan fingerprint density at radius 1 is 0.929 bits per heavy atom. The largest absolute Gasteiger partial charge is 0.389 e. The molecule has 3 heteroatoms. The Labute approximate surface area is 84.2 Å². The average molecular weight is 207 g/mol. The van der Waals surface area contributed by atoms with E-state index in [1.807, 2.05) is 6.08 Å². The van der Waals surface area contributed by atoms with Gasteiger partial charge in [-0.1, -0.05) is 38.3 Å². The van der Waals surface area contributed by atoms with Crippen LogP contribution in [-0.2, 0) is 0 Å². The standard InChI is InChI=1S/C11H18F3/c1-2-3-4-5-6-7-8-9-10-11(12,13)14/h7-8H,1-6,9-10H2. The summed E-state index contributed by atoms with van der Waals surface area (Å²) in [6.07, 6.45) is 3.96. The van der Waals surface area contributed by atoms with Crippen LogP contribution < -0.4 is 0 Å². The summed E-state index contributed by atoms with van der Waals surface area (Å²) in [5.74, 6) is 0. The van der Waals surface area contributed by atoms with E-state index in [0.29, 0.717) is 0 Å². The van der Waals surface area contributed by atoms with Crippen molar-refractivity contribution in [3.8, 4) is 0 Å². The third-order valence-corrected chi connectivity index (χ3v) is 1.88. The van der Waals surface area contributed by atoms with E-state index in [1.165, 1.54) is 0 Å². The van der Waals surface area contributed by atoms with Gasteiger partial charge in [-0.3, -0.25) is 0 Å². The van der Waals surface area contributed by atoms with Crippen LogP contribution >= 0.6 is 0 Å². The summed E-state index contributed by atoms with van der Waals surface area (Å²) in [5.41, 5.74) is 0. The molecule has 14 heavy (non-hydrogen) atoms. The molecule has 0 heterocycles. The highest BCUT2D eigenvalue weighted by molar-refractivity contribution is 4.82. The monoisotopic (exact) mass is 207 g/mol. The van der Waals surface area contributed by atoms with Gasteiger partial charge in [-0.2, -0.15) is 13.2 Å². The lowest BCUT2D eigenvalue weighted by Gasteiger charge is -2.01. The lowest BCUT2D eigenvalue weighted by Crippen LogP contribution is -2.05. The molecule has 0 nitrogen and oxygen atoms in total. The SMILES string of the molecule is [CH2]CCCCCC=CCCC(F)(F)F. The maximum Gasteiger partial charge on any atom is 0.389 e. The zero-order valence-corrected chi connectivity index (χ0v) is 8.45. The van der Waals surface area contributed by atoms with Crippen molar-refractivity contribution in [2.24, 2.45) is 0 Å². The average Bonchev–Trinajstić information content (AvgIpc) is 2.08. The highest BCUT2D eigenvalue weighted by atomic mass is 19.4. The van der Waals surface area contributed by atoms with E-state index in [9.17, 15) is 13.2 Å². The quantitative estimate of drug-likeness (QED) is 0.420. The van der Waals surface area contributed by atoms with Crippen molar-refractivity contribution >= 4 is 0 Å². The summed E-state index contributed by atoms with van der Waals surface area (Å²) in [5, 5.41) is 0. The molecule has 1 radical (unpaired) electrons. The minimum atomic E-state index is -4.02. The van der Waals surface area contributed by atoms with E-state index in [2.05, 4.69) is 6.92 Å². The summed E-state index contributed by atoms with van der Waals surface area (Å²) in [4.78, 5) is 0. The summed E-state index contributed by atoms with van der Waals surface area (Å²) in [7, 11) is 0. The van der Waals surface area contributed by atoms with Crippen LogP contribution in [0.4, 0.5) is 13.2 Å². The van der Waals surface area contributed by atoms with Crippen molar-refractivity contribution in [3.05, 3.63) is 19.1 Å². The summed E-state index contributed by atoms with van der Waals surface area (Å²) < 4.78 is 35.1. The van der Waals surface area contributed by atoms with E-state index in [0.717, 1.165) is 32.1 Å². The fourth-order valence-corrected chi connectivity index (χ4v) is 1.10. The van der Waals surface area contributed by atoms with Gasteiger partial charge in [-0.25, -0.2) is 0 Å². The van der Waals surface area contributed by atoms with E-state index in [-0.39, 0.29) is 6.42 Å². The zero-order chi connectivity index (χ0) is 10.9. The molecule has 83 valence electrons. The van der Waals surface area contributed by atoms with Crippen molar-refractivity contribution < 1.29 is 13.2 Å². The number of alkyl halides is 3. The fraction of sp³-hybridized carbons (Fsp3) is 0.727. The van der Waals surface area contributed by atoms with Crippen molar-refractivity contribution in [2.45, 2.75) is 51.1 Å². The van der Waals surface area contributed by atoms with Gasteiger partial charge in [-0.05, 0) is 19.3 Å². The van der Waals surface area contributed by atoms with E-state index < -0.39 is 12.6 Å². The Bertz CT molecular complexity index is 147. The smallest absolute Gasteiger partial charge is 0.171 e. The van der Waals surface area contributed by atoms with Crippen LogP contribution in [0, 0.1) is 6.92 Å². The minimum absolute atomic E-state index is 0.110. The molecule has 0 saturated carbocycles. The molecule has 0 atom stereocenters. The number of hydrogen-bond donors (Lipinski definition) is 0. The maximum absolute atomic E-state index is 11.7. The molecular weight excluding hydrogens is 189 g/mol. The van der Waals surface area contributed by atoms with Gasteiger partial charge in [0.15, 0.2) is 0 Å². The van der Waals surface area contributed by atoms with Crippen LogP contribution in [0.25, 0.3) is 0 Å². The van der Waals surface area contributed by atoms with Crippen LogP contribution in [0.1, 0.15) is 44.9 Å². The lowest BCUT2D eigenvalue weighted by atomic mass is 10.1. The predicted octanol–water partition coefficient (Wildman–Crippen LogP) is 4.67. The molecule has 0 bridgehead atoms. The van der Waals surface area contributed by atoms with E-state index in [4.69, 9.17) is 0 Å². The van der Waals surface area contributed by atoms with Crippen molar-refractivity contribution in [1.82, 2.24) is 0 Å². The topological polar surface area (TPSA) is 0 Å². The first-order chi connectivity index (χ1) is 6.56. The third-order valence-electron chi connectivity index (χ3n) is 1.88. The van der Waals surface area contributed by atoms with Crippen LogP contribution in [0.5, 0.6) is 0 Å². The number of unbranched alkanes of at least 4 members (excludes halogenated alkanes) is 4. The Hall–Kier alpha value is -0.470. The molecule has 0 unspecified atom stereocenters. The van der Waals surface area contributed by atoms with Gasteiger partial charge in [0.05, 0.1) is 0 Å². The Morgan fingerprint density at radius 2 is 1.57 bits per heavy atom. The number of rotatable bonds is 7. The van der Waals surface area contributed by atoms with Gasteiger partial charge in [-0.15, -0.1) is 0 Å². The number of allylic oxidation sites excluding steroid dienone is 2. The maximum atomic E-state index is 11.7. The molecule has 0 N–H and O–H groups in total. The first-order valence-electron chi connectivity index (χ1n) is 5.07. The number of hydrogen-bond acceptors (Lipinski definition) is 0. The van der Waals surface area contributed by atoms with Crippen molar-refractivity contribution in [2.75, 3.05) is 0 Å². The second-order valence-electron chi connectivity index (χ2n) is 3.33. The van der Waals surface area contributed by atoms with Gasteiger partial charge in [0, 0.05) is 6.42 Å². The fourth-order valence-electron chi connectivity index (χ4n) is 1.10. The van der Waals surface area contributed by atoms with E-state index in [1.54, 1.807) is 6.08 Å². The molecule has 0 amide bonds.